The van der Waals surface area contributed by atoms with Gasteiger partial charge in [-0.25, -0.2) is 0 Å². The van der Waals surface area contributed by atoms with E-state index in [0.29, 0.717) is 0 Å². The van der Waals surface area contributed by atoms with E-state index in [2.05, 4.69) is 30.6 Å². The highest BCUT2D eigenvalue weighted by atomic mass is 16.2. The van der Waals surface area contributed by atoms with Gasteiger partial charge in [0.05, 0.1) is 0 Å². The van der Waals surface area contributed by atoms with Crippen LogP contribution in [0.5, 0.6) is 0 Å². The van der Waals surface area contributed by atoms with Crippen molar-refractivity contribution >= 4 is 0 Å². The highest BCUT2D eigenvalue weighted by Gasteiger charge is 1.75. The molecule has 0 atom stereocenters. The molecule has 0 amide bonds. The summed E-state index contributed by atoms with van der Waals surface area (Å²) in [6.07, 6.45) is 11.3. The minimum atomic E-state index is 0.251. The molecule has 0 aliphatic rings. The first-order chi connectivity index (χ1) is 7.41. The highest BCUT2D eigenvalue weighted by Crippen LogP contribution is 1.89. The second-order valence-electron chi connectivity index (χ2n) is 2.97. The average molecular weight is 202 g/mol. The molecule has 0 aromatic heterocycles. The number of aliphatic hydroxyl groups excluding tert-OH is 1. The molecular weight excluding hydrogens is 184 g/mol. The Hall–Kier alpha value is -1.44. The molecule has 0 rings (SSSR count). The van der Waals surface area contributed by atoms with Crippen molar-refractivity contribution in [1.82, 2.24) is 0 Å². The minimum Gasteiger partial charge on any atom is -0.396 e. The Morgan fingerprint density at radius 1 is 1.20 bits per heavy atom. The average Bonchev–Trinajstić information content (AvgIpc) is 2.26. The molecule has 15 heavy (non-hydrogen) atoms. The normalized spacial score (nSPS) is 9.73. The lowest BCUT2D eigenvalue weighted by Gasteiger charge is -1.84. The lowest BCUT2D eigenvalue weighted by molar-refractivity contribution is 0.289. The molecule has 0 saturated carbocycles. The maximum Gasteiger partial charge on any atom is 0.0433 e. The van der Waals surface area contributed by atoms with Crippen molar-refractivity contribution in [3.05, 3.63) is 24.3 Å². The van der Waals surface area contributed by atoms with Gasteiger partial charge in [-0.3, -0.25) is 0 Å². The molecular formula is C14H18O. The van der Waals surface area contributed by atoms with E-state index in [0.717, 1.165) is 25.7 Å². The fourth-order valence-corrected chi connectivity index (χ4v) is 0.797. The lowest BCUT2D eigenvalue weighted by Crippen LogP contribution is -1.77. The quantitative estimate of drug-likeness (QED) is 0.413. The van der Waals surface area contributed by atoms with E-state index >= 15 is 0 Å². The van der Waals surface area contributed by atoms with Crippen LogP contribution in [0.2, 0.25) is 0 Å². The second kappa shape index (κ2) is 12.6. The van der Waals surface area contributed by atoms with Crippen LogP contribution in [0.15, 0.2) is 24.3 Å². The van der Waals surface area contributed by atoms with Crippen molar-refractivity contribution in [2.45, 2.75) is 32.6 Å². The molecule has 0 aromatic rings. The van der Waals surface area contributed by atoms with Crippen LogP contribution in [0.1, 0.15) is 32.6 Å². The molecule has 0 unspecified atom stereocenters. The molecule has 0 spiro atoms. The number of hydrogen-bond donors (Lipinski definition) is 1. The third-order valence-corrected chi connectivity index (χ3v) is 1.55. The Bertz CT molecular complexity index is 302. The molecule has 0 aliphatic heterocycles. The van der Waals surface area contributed by atoms with Gasteiger partial charge in [-0.1, -0.05) is 37.0 Å². The summed E-state index contributed by atoms with van der Waals surface area (Å²) in [6, 6.07) is 0. The van der Waals surface area contributed by atoms with E-state index in [1.165, 1.54) is 0 Å². The first-order valence-corrected chi connectivity index (χ1v) is 5.32. The van der Waals surface area contributed by atoms with E-state index in [1.807, 2.05) is 18.2 Å². The Labute approximate surface area is 92.9 Å². The van der Waals surface area contributed by atoms with E-state index in [1.54, 1.807) is 6.08 Å². The Kier molecular flexibility index (Phi) is 11.4. The van der Waals surface area contributed by atoms with Gasteiger partial charge in [0.2, 0.25) is 0 Å². The van der Waals surface area contributed by atoms with E-state index in [4.69, 9.17) is 5.11 Å². The van der Waals surface area contributed by atoms with Gasteiger partial charge in [-0.05, 0) is 37.2 Å². The molecule has 1 N–H and O–H groups in total. The number of rotatable bonds is 5. The van der Waals surface area contributed by atoms with Crippen molar-refractivity contribution in [3.63, 3.8) is 0 Å². The van der Waals surface area contributed by atoms with Crippen molar-refractivity contribution < 1.29 is 5.11 Å². The summed E-state index contributed by atoms with van der Waals surface area (Å²) >= 11 is 0. The molecule has 80 valence electrons. The Morgan fingerprint density at radius 3 is 2.80 bits per heavy atom. The van der Waals surface area contributed by atoms with Gasteiger partial charge in [-0.15, -0.1) is 0 Å². The third kappa shape index (κ3) is 12.6. The predicted octanol–water partition coefficient (Wildman–Crippen LogP) is 2.68. The molecule has 1 nitrogen and oxygen atoms in total. The van der Waals surface area contributed by atoms with Gasteiger partial charge in [0.25, 0.3) is 0 Å². The van der Waals surface area contributed by atoms with Gasteiger partial charge in [0, 0.05) is 13.0 Å². The van der Waals surface area contributed by atoms with Gasteiger partial charge in [0.15, 0.2) is 0 Å². The maximum absolute atomic E-state index is 8.52. The molecule has 0 aliphatic carbocycles. The van der Waals surface area contributed by atoms with Crippen molar-refractivity contribution in [2.24, 2.45) is 0 Å². The van der Waals surface area contributed by atoms with Gasteiger partial charge in [-0.2, -0.15) is 0 Å². The van der Waals surface area contributed by atoms with Gasteiger partial charge >= 0.3 is 0 Å². The Morgan fingerprint density at radius 2 is 2.07 bits per heavy atom. The highest BCUT2D eigenvalue weighted by molar-refractivity contribution is 5.31. The maximum atomic E-state index is 8.52. The predicted molar refractivity (Wildman–Crippen MR) is 65.1 cm³/mol. The molecule has 0 heterocycles. The minimum absolute atomic E-state index is 0.251. The number of aliphatic hydroxyl groups is 1. The molecule has 1 heteroatoms. The molecule has 0 radical (unpaired) electrons. The van der Waals surface area contributed by atoms with Gasteiger partial charge < -0.3 is 5.11 Å². The van der Waals surface area contributed by atoms with E-state index in [9.17, 15) is 0 Å². The monoisotopic (exact) mass is 202 g/mol. The number of allylic oxidation sites excluding steroid dienone is 4. The first kappa shape index (κ1) is 13.6. The summed E-state index contributed by atoms with van der Waals surface area (Å²) in [5.74, 6) is 11.3. The molecule has 0 saturated heterocycles. The van der Waals surface area contributed by atoms with Crippen molar-refractivity contribution in [3.8, 4) is 23.7 Å². The SMILES string of the molecule is CCCC#CC#CC=CC=CCCCO. The van der Waals surface area contributed by atoms with Crippen LogP contribution in [0.3, 0.4) is 0 Å². The smallest absolute Gasteiger partial charge is 0.0433 e. The topological polar surface area (TPSA) is 20.2 Å². The number of unbranched alkanes of at least 4 members (excludes halogenated alkanes) is 2. The van der Waals surface area contributed by atoms with Crippen LogP contribution >= 0.6 is 0 Å². The standard InChI is InChI=1S/C14H18O/c1-2-3-4-5-6-7-8-9-10-11-12-13-14-15/h8-11,15H,2-3,12-14H2,1H3. The summed E-state index contributed by atoms with van der Waals surface area (Å²) < 4.78 is 0. The molecule has 0 fully saturated rings. The summed E-state index contributed by atoms with van der Waals surface area (Å²) in [4.78, 5) is 0. The van der Waals surface area contributed by atoms with E-state index in [-0.39, 0.29) is 6.61 Å². The largest absolute Gasteiger partial charge is 0.396 e. The van der Waals surface area contributed by atoms with Crippen LogP contribution < -0.4 is 0 Å². The van der Waals surface area contributed by atoms with Crippen molar-refractivity contribution in [2.75, 3.05) is 6.61 Å². The van der Waals surface area contributed by atoms with E-state index < -0.39 is 0 Å². The second-order valence-corrected chi connectivity index (χ2v) is 2.97. The lowest BCUT2D eigenvalue weighted by atomic mass is 10.3. The van der Waals surface area contributed by atoms with Gasteiger partial charge in [0.1, 0.15) is 0 Å². The summed E-state index contributed by atoms with van der Waals surface area (Å²) in [7, 11) is 0. The van der Waals surface area contributed by atoms with Crippen LogP contribution in [-0.2, 0) is 0 Å². The van der Waals surface area contributed by atoms with Crippen LogP contribution in [0.25, 0.3) is 0 Å². The number of hydrogen-bond acceptors (Lipinski definition) is 1. The van der Waals surface area contributed by atoms with Crippen LogP contribution in [0, 0.1) is 23.7 Å². The molecule has 0 aromatic carbocycles. The fourth-order valence-electron chi connectivity index (χ4n) is 0.797. The zero-order chi connectivity index (χ0) is 11.2. The van der Waals surface area contributed by atoms with Crippen molar-refractivity contribution in [1.29, 1.82) is 0 Å². The first-order valence-electron chi connectivity index (χ1n) is 5.32. The van der Waals surface area contributed by atoms with Crippen LogP contribution in [-0.4, -0.2) is 11.7 Å². The summed E-state index contributed by atoms with van der Waals surface area (Å²) in [5.41, 5.74) is 0. The molecule has 0 bridgehead atoms. The fraction of sp³-hybridized carbons (Fsp3) is 0.429. The third-order valence-electron chi connectivity index (χ3n) is 1.55. The zero-order valence-electron chi connectivity index (χ0n) is 9.29. The summed E-state index contributed by atoms with van der Waals surface area (Å²) in [5, 5.41) is 8.52. The summed E-state index contributed by atoms with van der Waals surface area (Å²) in [6.45, 7) is 2.35. The van der Waals surface area contributed by atoms with Crippen LogP contribution in [0.4, 0.5) is 0 Å². The zero-order valence-corrected chi connectivity index (χ0v) is 9.29. The Balaban J connectivity index is 3.61.